The molecule has 0 aliphatic rings. The number of esters is 2. The van der Waals surface area contributed by atoms with Gasteiger partial charge in [0.2, 0.25) is 6.29 Å². The molecule has 0 saturated heterocycles. The van der Waals surface area contributed by atoms with E-state index in [0.717, 1.165) is 0 Å². The van der Waals surface area contributed by atoms with Gasteiger partial charge < -0.3 is 19.7 Å². The Morgan fingerprint density at radius 1 is 1.05 bits per heavy atom. The molecular weight excluding hydrogens is 252 g/mol. The smallest absolute Gasteiger partial charge is 0.340 e. The average molecular weight is 268 g/mol. The maximum atomic E-state index is 11.5. The fourth-order valence-electron chi connectivity index (χ4n) is 1.24. The highest BCUT2D eigenvalue weighted by Crippen LogP contribution is 2.09. The fourth-order valence-corrected chi connectivity index (χ4v) is 1.24. The molecule has 2 N–H and O–H groups in total. The SMILES string of the molecule is CCC(O)OC(=O)c1ccc(C(=O)OC(C)O)cc1. The van der Waals surface area contributed by atoms with Gasteiger partial charge in [0.25, 0.3) is 0 Å². The zero-order valence-corrected chi connectivity index (χ0v) is 10.7. The lowest BCUT2D eigenvalue weighted by Gasteiger charge is -2.10. The molecular formula is C13H16O6. The van der Waals surface area contributed by atoms with Gasteiger partial charge in [-0.05, 0) is 31.2 Å². The summed E-state index contributed by atoms with van der Waals surface area (Å²) in [7, 11) is 0. The van der Waals surface area contributed by atoms with Crippen LogP contribution < -0.4 is 0 Å². The van der Waals surface area contributed by atoms with Crippen LogP contribution in [-0.2, 0) is 9.47 Å². The summed E-state index contributed by atoms with van der Waals surface area (Å²) in [6, 6.07) is 5.51. The van der Waals surface area contributed by atoms with E-state index in [4.69, 9.17) is 9.84 Å². The van der Waals surface area contributed by atoms with Crippen molar-refractivity contribution in [3.8, 4) is 0 Å². The van der Waals surface area contributed by atoms with Crippen LogP contribution in [0.4, 0.5) is 0 Å². The Hall–Kier alpha value is -1.92. The molecule has 19 heavy (non-hydrogen) atoms. The quantitative estimate of drug-likeness (QED) is 0.613. The van der Waals surface area contributed by atoms with Gasteiger partial charge in [-0.15, -0.1) is 0 Å². The summed E-state index contributed by atoms with van der Waals surface area (Å²) in [5.74, 6) is -1.37. The maximum absolute atomic E-state index is 11.5. The van der Waals surface area contributed by atoms with Crippen molar-refractivity contribution in [2.45, 2.75) is 32.8 Å². The van der Waals surface area contributed by atoms with Crippen molar-refractivity contribution < 1.29 is 29.3 Å². The Kier molecular flexibility index (Phi) is 5.47. The Morgan fingerprint density at radius 2 is 1.47 bits per heavy atom. The second-order valence-corrected chi connectivity index (χ2v) is 3.85. The van der Waals surface area contributed by atoms with E-state index in [0.29, 0.717) is 6.42 Å². The molecule has 0 heterocycles. The lowest BCUT2D eigenvalue weighted by Crippen LogP contribution is -2.17. The van der Waals surface area contributed by atoms with Gasteiger partial charge >= 0.3 is 11.9 Å². The number of aliphatic hydroxyl groups excluding tert-OH is 2. The highest BCUT2D eigenvalue weighted by molar-refractivity contribution is 5.93. The molecule has 2 unspecified atom stereocenters. The fraction of sp³-hybridized carbons (Fsp3) is 0.385. The Labute approximate surface area is 110 Å². The molecule has 0 amide bonds. The molecule has 2 atom stereocenters. The first kappa shape index (κ1) is 15.1. The second-order valence-electron chi connectivity index (χ2n) is 3.85. The monoisotopic (exact) mass is 268 g/mol. The Bertz CT molecular complexity index is 437. The van der Waals surface area contributed by atoms with Crippen molar-refractivity contribution in [1.29, 1.82) is 0 Å². The van der Waals surface area contributed by atoms with Crippen LogP contribution in [0.25, 0.3) is 0 Å². The van der Waals surface area contributed by atoms with Crippen LogP contribution >= 0.6 is 0 Å². The van der Waals surface area contributed by atoms with Crippen LogP contribution in [0.5, 0.6) is 0 Å². The van der Waals surface area contributed by atoms with Gasteiger partial charge in [-0.2, -0.15) is 0 Å². The molecule has 0 saturated carbocycles. The van der Waals surface area contributed by atoms with Crippen LogP contribution in [0, 0.1) is 0 Å². The first-order chi connectivity index (χ1) is 8.93. The van der Waals surface area contributed by atoms with Crippen LogP contribution in [0.2, 0.25) is 0 Å². The van der Waals surface area contributed by atoms with E-state index < -0.39 is 24.5 Å². The Morgan fingerprint density at radius 3 is 1.84 bits per heavy atom. The van der Waals surface area contributed by atoms with E-state index in [9.17, 15) is 14.7 Å². The number of carbonyl (C=O) groups excluding carboxylic acids is 2. The van der Waals surface area contributed by atoms with Crippen LogP contribution in [0.15, 0.2) is 24.3 Å². The normalized spacial score (nSPS) is 13.5. The van der Waals surface area contributed by atoms with E-state index in [-0.39, 0.29) is 11.1 Å². The summed E-state index contributed by atoms with van der Waals surface area (Å²) in [4.78, 5) is 23.0. The van der Waals surface area contributed by atoms with Crippen molar-refractivity contribution in [1.82, 2.24) is 0 Å². The van der Waals surface area contributed by atoms with Crippen LogP contribution in [0.3, 0.4) is 0 Å². The highest BCUT2D eigenvalue weighted by atomic mass is 16.6. The van der Waals surface area contributed by atoms with E-state index in [1.807, 2.05) is 0 Å². The average Bonchev–Trinajstić information content (AvgIpc) is 2.37. The molecule has 0 spiro atoms. The van der Waals surface area contributed by atoms with Crippen molar-refractivity contribution in [2.75, 3.05) is 0 Å². The number of hydrogen-bond donors (Lipinski definition) is 2. The molecule has 6 nitrogen and oxygen atoms in total. The molecule has 1 rings (SSSR count). The molecule has 1 aromatic rings. The summed E-state index contributed by atoms with van der Waals surface area (Å²) in [5.41, 5.74) is 0.412. The van der Waals surface area contributed by atoms with Crippen molar-refractivity contribution in [2.24, 2.45) is 0 Å². The van der Waals surface area contributed by atoms with Gasteiger partial charge in [-0.25, -0.2) is 9.59 Å². The standard InChI is InChI=1S/C13H16O6/c1-3-11(15)19-13(17)10-6-4-9(5-7-10)12(16)18-8(2)14/h4-8,11,14-15H,3H2,1-2H3. The first-order valence-electron chi connectivity index (χ1n) is 5.82. The van der Waals surface area contributed by atoms with E-state index in [1.165, 1.54) is 31.2 Å². The van der Waals surface area contributed by atoms with Gasteiger partial charge in [0.1, 0.15) is 0 Å². The van der Waals surface area contributed by atoms with Gasteiger partial charge in [-0.1, -0.05) is 6.92 Å². The van der Waals surface area contributed by atoms with E-state index in [1.54, 1.807) is 6.92 Å². The topological polar surface area (TPSA) is 93.1 Å². The molecule has 0 aromatic heterocycles. The third-order valence-corrected chi connectivity index (χ3v) is 2.23. The van der Waals surface area contributed by atoms with Crippen LogP contribution in [-0.4, -0.2) is 34.7 Å². The van der Waals surface area contributed by atoms with Gasteiger partial charge in [-0.3, -0.25) is 0 Å². The minimum absolute atomic E-state index is 0.202. The van der Waals surface area contributed by atoms with Gasteiger partial charge in [0.05, 0.1) is 11.1 Å². The molecule has 1 aromatic carbocycles. The van der Waals surface area contributed by atoms with Gasteiger partial charge in [0.15, 0.2) is 6.29 Å². The second kappa shape index (κ2) is 6.86. The van der Waals surface area contributed by atoms with E-state index in [2.05, 4.69) is 4.74 Å². The van der Waals surface area contributed by atoms with Crippen molar-refractivity contribution in [3.63, 3.8) is 0 Å². The minimum atomic E-state index is -1.20. The number of carbonyl (C=O) groups is 2. The first-order valence-corrected chi connectivity index (χ1v) is 5.82. The molecule has 104 valence electrons. The third kappa shape index (κ3) is 4.69. The zero-order chi connectivity index (χ0) is 14.4. The summed E-state index contributed by atoms with van der Waals surface area (Å²) in [5, 5.41) is 18.1. The number of hydrogen-bond acceptors (Lipinski definition) is 6. The van der Waals surface area contributed by atoms with E-state index >= 15 is 0 Å². The predicted molar refractivity (Wildman–Crippen MR) is 65.3 cm³/mol. The number of benzene rings is 1. The molecule has 0 radical (unpaired) electrons. The number of aliphatic hydroxyl groups is 2. The molecule has 0 fully saturated rings. The Balaban J connectivity index is 2.71. The minimum Gasteiger partial charge on any atom is -0.433 e. The summed E-state index contributed by atoms with van der Waals surface area (Å²) in [6.07, 6.45) is -2.05. The predicted octanol–water partition coefficient (Wildman–Crippen LogP) is 1.07. The molecule has 6 heteroatoms. The van der Waals surface area contributed by atoms with Crippen molar-refractivity contribution in [3.05, 3.63) is 35.4 Å². The summed E-state index contributed by atoms with van der Waals surface area (Å²) < 4.78 is 9.29. The molecule has 0 aliphatic heterocycles. The van der Waals surface area contributed by atoms with Crippen LogP contribution in [0.1, 0.15) is 41.0 Å². The van der Waals surface area contributed by atoms with Crippen molar-refractivity contribution >= 4 is 11.9 Å². The highest BCUT2D eigenvalue weighted by Gasteiger charge is 2.14. The summed E-state index contributed by atoms with van der Waals surface area (Å²) in [6.45, 7) is 2.99. The largest absolute Gasteiger partial charge is 0.433 e. The lowest BCUT2D eigenvalue weighted by molar-refractivity contribution is -0.0658. The molecule has 0 bridgehead atoms. The number of ether oxygens (including phenoxy) is 2. The zero-order valence-electron chi connectivity index (χ0n) is 10.7. The summed E-state index contributed by atoms with van der Waals surface area (Å²) >= 11 is 0. The molecule has 0 aliphatic carbocycles. The maximum Gasteiger partial charge on any atom is 0.340 e. The number of rotatable bonds is 5. The lowest BCUT2D eigenvalue weighted by atomic mass is 10.1. The third-order valence-electron chi connectivity index (χ3n) is 2.23. The van der Waals surface area contributed by atoms with Gasteiger partial charge in [0, 0.05) is 6.42 Å².